The Morgan fingerprint density at radius 2 is 1.92 bits per heavy atom. The summed E-state index contributed by atoms with van der Waals surface area (Å²) < 4.78 is 9.89. The third-order valence-corrected chi connectivity index (χ3v) is 4.45. The molecule has 1 saturated heterocycles. The van der Waals surface area contributed by atoms with E-state index in [1.54, 1.807) is 43.3 Å². The van der Waals surface area contributed by atoms with Crippen LogP contribution in [-0.4, -0.2) is 47.1 Å². The summed E-state index contributed by atoms with van der Waals surface area (Å²) in [6.45, 7) is 3.13. The lowest BCUT2D eigenvalue weighted by Crippen LogP contribution is -2.36. The molecule has 1 aliphatic heterocycles. The Morgan fingerprint density at radius 1 is 1.23 bits per heavy atom. The van der Waals surface area contributed by atoms with E-state index in [4.69, 9.17) is 4.52 Å². The maximum Gasteiger partial charge on any atom is 0.337 e. The highest BCUT2D eigenvalue weighted by atomic mass is 16.5. The molecule has 0 bridgehead atoms. The monoisotopic (exact) mass is 355 g/mol. The van der Waals surface area contributed by atoms with Gasteiger partial charge >= 0.3 is 5.97 Å². The summed E-state index contributed by atoms with van der Waals surface area (Å²) >= 11 is 0. The number of esters is 1. The third kappa shape index (κ3) is 4.17. The van der Waals surface area contributed by atoms with Crippen molar-refractivity contribution >= 4 is 18.0 Å². The van der Waals surface area contributed by atoms with Crippen molar-refractivity contribution in [2.45, 2.75) is 25.7 Å². The number of hydrogen-bond donors (Lipinski definition) is 0. The van der Waals surface area contributed by atoms with Crippen LogP contribution in [0.3, 0.4) is 0 Å². The van der Waals surface area contributed by atoms with E-state index in [0.29, 0.717) is 30.4 Å². The number of benzene rings is 1. The summed E-state index contributed by atoms with van der Waals surface area (Å²) in [5, 5.41) is 3.82. The lowest BCUT2D eigenvalue weighted by molar-refractivity contribution is -0.127. The molecule has 3 rings (SSSR count). The molecule has 1 aliphatic rings. The number of likely N-dealkylation sites (tertiary alicyclic amines) is 1. The van der Waals surface area contributed by atoms with Gasteiger partial charge in [0.05, 0.1) is 12.7 Å². The minimum absolute atomic E-state index is 0.0257. The summed E-state index contributed by atoms with van der Waals surface area (Å²) in [7, 11) is 1.34. The molecule has 0 saturated carbocycles. The summed E-state index contributed by atoms with van der Waals surface area (Å²) in [5.41, 5.74) is 1.33. The number of aromatic nitrogens is 2. The second-order valence-electron chi connectivity index (χ2n) is 6.23. The normalized spacial score (nSPS) is 15.4. The standard InChI is InChI=1S/C19H21N3O4/c1-13-20-18(26-21-13)15-9-11-22(12-10-15)17(23)8-5-14-3-6-16(7-4-14)19(24)25-2/h3-8,15H,9-12H2,1-2H3. The van der Waals surface area contributed by atoms with Gasteiger partial charge in [-0.3, -0.25) is 4.79 Å². The van der Waals surface area contributed by atoms with Gasteiger partial charge in [0, 0.05) is 25.1 Å². The number of amides is 1. The predicted molar refractivity (Wildman–Crippen MR) is 94.4 cm³/mol. The first kappa shape index (κ1) is 17.8. The SMILES string of the molecule is COC(=O)c1ccc(C=CC(=O)N2CCC(c3nc(C)no3)CC2)cc1. The number of piperidine rings is 1. The molecule has 0 atom stereocenters. The number of methoxy groups -OCH3 is 1. The molecule has 0 unspecified atom stereocenters. The summed E-state index contributed by atoms with van der Waals surface area (Å²) in [4.78, 5) is 29.9. The van der Waals surface area contributed by atoms with Gasteiger partial charge in [-0.2, -0.15) is 4.98 Å². The molecule has 0 spiro atoms. The van der Waals surface area contributed by atoms with Gasteiger partial charge in [-0.25, -0.2) is 4.79 Å². The van der Waals surface area contributed by atoms with Gasteiger partial charge in [-0.05, 0) is 43.5 Å². The number of nitrogens with zero attached hydrogens (tertiary/aromatic N) is 3. The Morgan fingerprint density at radius 3 is 2.50 bits per heavy atom. The Balaban J connectivity index is 1.54. The molecule has 1 amide bonds. The first-order valence-corrected chi connectivity index (χ1v) is 8.52. The van der Waals surface area contributed by atoms with Crippen LogP contribution in [0.25, 0.3) is 6.08 Å². The zero-order valence-electron chi connectivity index (χ0n) is 14.8. The highest BCUT2D eigenvalue weighted by molar-refractivity contribution is 5.92. The number of carbonyl (C=O) groups is 2. The molecule has 136 valence electrons. The Labute approximate surface area is 151 Å². The van der Waals surface area contributed by atoms with E-state index in [1.807, 2.05) is 4.90 Å². The first-order chi connectivity index (χ1) is 12.6. The second kappa shape index (κ2) is 7.95. The average Bonchev–Trinajstić information content (AvgIpc) is 3.12. The number of hydrogen-bond acceptors (Lipinski definition) is 6. The topological polar surface area (TPSA) is 85.5 Å². The molecule has 0 aliphatic carbocycles. The van der Waals surface area contributed by atoms with Crippen molar-refractivity contribution < 1.29 is 18.8 Å². The predicted octanol–water partition coefficient (Wildman–Crippen LogP) is 2.58. The number of ether oxygens (including phenoxy) is 1. The molecular formula is C19H21N3O4. The molecule has 2 aromatic rings. The first-order valence-electron chi connectivity index (χ1n) is 8.52. The van der Waals surface area contributed by atoms with Gasteiger partial charge in [-0.15, -0.1) is 0 Å². The zero-order valence-corrected chi connectivity index (χ0v) is 14.8. The van der Waals surface area contributed by atoms with Crippen LogP contribution in [0, 0.1) is 6.92 Å². The lowest BCUT2D eigenvalue weighted by Gasteiger charge is -2.29. The minimum Gasteiger partial charge on any atom is -0.465 e. The quantitative estimate of drug-likeness (QED) is 0.619. The number of rotatable bonds is 4. The van der Waals surface area contributed by atoms with Crippen LogP contribution in [0.2, 0.25) is 0 Å². The van der Waals surface area contributed by atoms with Gasteiger partial charge in [0.25, 0.3) is 0 Å². The summed E-state index contributed by atoms with van der Waals surface area (Å²) in [6.07, 6.45) is 4.94. The molecule has 1 fully saturated rings. The highest BCUT2D eigenvalue weighted by Crippen LogP contribution is 2.26. The molecule has 0 N–H and O–H groups in total. The molecule has 2 heterocycles. The van der Waals surface area contributed by atoms with Crippen molar-refractivity contribution in [2.24, 2.45) is 0 Å². The van der Waals surface area contributed by atoms with Crippen LogP contribution in [0.1, 0.15) is 46.4 Å². The smallest absolute Gasteiger partial charge is 0.337 e. The minimum atomic E-state index is -0.379. The molecule has 0 radical (unpaired) electrons. The van der Waals surface area contributed by atoms with E-state index in [0.717, 1.165) is 18.4 Å². The number of carbonyl (C=O) groups excluding carboxylic acids is 2. The summed E-state index contributed by atoms with van der Waals surface area (Å²) in [6, 6.07) is 6.90. The van der Waals surface area contributed by atoms with Crippen LogP contribution >= 0.6 is 0 Å². The van der Waals surface area contributed by atoms with Gasteiger partial charge < -0.3 is 14.2 Å². The van der Waals surface area contributed by atoms with E-state index < -0.39 is 0 Å². The van der Waals surface area contributed by atoms with Crippen molar-refractivity contribution in [2.75, 3.05) is 20.2 Å². The van der Waals surface area contributed by atoms with Crippen LogP contribution in [-0.2, 0) is 9.53 Å². The largest absolute Gasteiger partial charge is 0.465 e. The maximum atomic E-state index is 12.4. The average molecular weight is 355 g/mol. The van der Waals surface area contributed by atoms with Gasteiger partial charge in [0.15, 0.2) is 5.82 Å². The van der Waals surface area contributed by atoms with E-state index in [9.17, 15) is 9.59 Å². The highest BCUT2D eigenvalue weighted by Gasteiger charge is 2.26. The van der Waals surface area contributed by atoms with E-state index in [2.05, 4.69) is 14.9 Å². The van der Waals surface area contributed by atoms with E-state index in [-0.39, 0.29) is 17.8 Å². The Kier molecular flexibility index (Phi) is 5.46. The van der Waals surface area contributed by atoms with Crippen LogP contribution in [0.4, 0.5) is 0 Å². The van der Waals surface area contributed by atoms with Crippen molar-refractivity contribution in [1.29, 1.82) is 0 Å². The van der Waals surface area contributed by atoms with Crippen LogP contribution in [0.15, 0.2) is 34.9 Å². The number of aryl methyl sites for hydroxylation is 1. The van der Waals surface area contributed by atoms with Crippen LogP contribution < -0.4 is 0 Å². The second-order valence-corrected chi connectivity index (χ2v) is 6.23. The van der Waals surface area contributed by atoms with Crippen molar-refractivity contribution in [3.8, 4) is 0 Å². The third-order valence-electron chi connectivity index (χ3n) is 4.45. The fraction of sp³-hybridized carbons (Fsp3) is 0.368. The fourth-order valence-electron chi connectivity index (χ4n) is 2.95. The van der Waals surface area contributed by atoms with Crippen molar-refractivity contribution in [1.82, 2.24) is 15.0 Å². The van der Waals surface area contributed by atoms with Crippen molar-refractivity contribution in [3.63, 3.8) is 0 Å². The summed E-state index contributed by atoms with van der Waals surface area (Å²) in [5.74, 6) is 1.11. The molecular weight excluding hydrogens is 334 g/mol. The molecule has 7 nitrogen and oxygen atoms in total. The molecule has 26 heavy (non-hydrogen) atoms. The molecule has 7 heteroatoms. The van der Waals surface area contributed by atoms with Crippen LogP contribution in [0.5, 0.6) is 0 Å². The van der Waals surface area contributed by atoms with Crippen molar-refractivity contribution in [3.05, 3.63) is 53.2 Å². The lowest BCUT2D eigenvalue weighted by atomic mass is 9.96. The van der Waals surface area contributed by atoms with E-state index >= 15 is 0 Å². The fourth-order valence-corrected chi connectivity index (χ4v) is 2.95. The zero-order chi connectivity index (χ0) is 18.5. The van der Waals surface area contributed by atoms with Gasteiger partial charge in [0.1, 0.15) is 0 Å². The maximum absolute atomic E-state index is 12.4. The molecule has 1 aromatic carbocycles. The van der Waals surface area contributed by atoms with E-state index in [1.165, 1.54) is 7.11 Å². The van der Waals surface area contributed by atoms with Gasteiger partial charge in [-0.1, -0.05) is 17.3 Å². The Hall–Kier alpha value is -2.96. The van der Waals surface area contributed by atoms with Gasteiger partial charge in [0.2, 0.25) is 11.8 Å². The Bertz CT molecular complexity index is 802. The molecule has 1 aromatic heterocycles.